The van der Waals surface area contributed by atoms with Crippen LogP contribution in [0.2, 0.25) is 0 Å². The molecule has 1 aliphatic heterocycles. The van der Waals surface area contributed by atoms with E-state index in [0.717, 1.165) is 0 Å². The van der Waals surface area contributed by atoms with Crippen LogP contribution in [0.25, 0.3) is 0 Å². The molecule has 0 aliphatic carbocycles. The van der Waals surface area contributed by atoms with Crippen LogP contribution in [0, 0.1) is 5.82 Å². The third kappa shape index (κ3) is 2.93. The number of hydrogen-bond acceptors (Lipinski definition) is 3. The smallest absolute Gasteiger partial charge is 0.410 e. The van der Waals surface area contributed by atoms with E-state index in [1.165, 1.54) is 29.2 Å². The van der Waals surface area contributed by atoms with Gasteiger partial charge in [-0.2, -0.15) is 0 Å². The fourth-order valence-electron chi connectivity index (χ4n) is 1.48. The number of cyclic esters (lactones) is 1. The minimum Gasteiger partial charge on any atom is -0.448 e. The fraction of sp³-hybridized carbons (Fsp3) is 0.273. The first-order valence-corrected chi connectivity index (χ1v) is 5.12. The molecule has 6 heteroatoms. The maximum atomic E-state index is 12.6. The molecule has 1 aromatic carbocycles. The summed E-state index contributed by atoms with van der Waals surface area (Å²) in [6.45, 7) is 0.661. The minimum absolute atomic E-state index is 0.0593. The Hall–Kier alpha value is -2.11. The van der Waals surface area contributed by atoms with Gasteiger partial charge in [0.25, 0.3) is 0 Å². The number of hydrogen-bond donors (Lipinski definition) is 1. The summed E-state index contributed by atoms with van der Waals surface area (Å²) in [5.74, 6) is -0.707. The Morgan fingerprint density at radius 1 is 1.41 bits per heavy atom. The Labute approximate surface area is 97.2 Å². The highest BCUT2D eigenvalue weighted by molar-refractivity contribution is 5.93. The van der Waals surface area contributed by atoms with Gasteiger partial charge < -0.3 is 10.1 Å². The van der Waals surface area contributed by atoms with E-state index in [-0.39, 0.29) is 18.3 Å². The summed E-state index contributed by atoms with van der Waals surface area (Å²) in [7, 11) is 0. The monoisotopic (exact) mass is 238 g/mol. The number of carbonyl (C=O) groups excluding carboxylic acids is 2. The molecule has 1 heterocycles. The van der Waals surface area contributed by atoms with E-state index in [2.05, 4.69) is 10.1 Å². The van der Waals surface area contributed by atoms with Crippen LogP contribution in [0.15, 0.2) is 24.3 Å². The van der Waals surface area contributed by atoms with Gasteiger partial charge in [-0.15, -0.1) is 0 Å². The zero-order valence-corrected chi connectivity index (χ0v) is 8.98. The van der Waals surface area contributed by atoms with Crippen molar-refractivity contribution >= 4 is 17.7 Å². The number of nitrogens with one attached hydrogen (secondary N) is 1. The molecule has 1 N–H and O–H groups in total. The number of anilines is 1. The van der Waals surface area contributed by atoms with Gasteiger partial charge in [0.2, 0.25) is 5.91 Å². The lowest BCUT2D eigenvalue weighted by Gasteiger charge is -2.12. The maximum absolute atomic E-state index is 12.6. The van der Waals surface area contributed by atoms with E-state index < -0.39 is 6.09 Å². The van der Waals surface area contributed by atoms with Crippen LogP contribution in [-0.2, 0) is 9.53 Å². The van der Waals surface area contributed by atoms with Crippen molar-refractivity contribution in [1.82, 2.24) is 4.90 Å². The van der Waals surface area contributed by atoms with Gasteiger partial charge in [-0.25, -0.2) is 9.18 Å². The number of halogens is 1. The Kier molecular flexibility index (Phi) is 3.22. The standard InChI is InChI=1S/C11H11FN2O3/c12-8-1-3-9(4-2-8)13-10(15)7-14-5-6-17-11(14)16/h1-4H,5-7H2,(H,13,15). The zero-order chi connectivity index (χ0) is 12.3. The van der Waals surface area contributed by atoms with E-state index >= 15 is 0 Å². The van der Waals surface area contributed by atoms with Crippen molar-refractivity contribution in [2.45, 2.75) is 0 Å². The lowest BCUT2D eigenvalue weighted by Crippen LogP contribution is -2.33. The summed E-state index contributed by atoms with van der Waals surface area (Å²) in [5, 5.41) is 2.56. The number of amides is 2. The van der Waals surface area contributed by atoms with E-state index in [1.54, 1.807) is 0 Å². The second-order valence-corrected chi connectivity index (χ2v) is 3.59. The summed E-state index contributed by atoms with van der Waals surface area (Å²) >= 11 is 0. The molecular weight excluding hydrogens is 227 g/mol. The number of ether oxygens (including phenoxy) is 1. The lowest BCUT2D eigenvalue weighted by molar-refractivity contribution is -0.116. The van der Waals surface area contributed by atoms with Crippen molar-refractivity contribution in [3.8, 4) is 0 Å². The van der Waals surface area contributed by atoms with Gasteiger partial charge in [0, 0.05) is 5.69 Å². The lowest BCUT2D eigenvalue weighted by atomic mass is 10.3. The highest BCUT2D eigenvalue weighted by Crippen LogP contribution is 2.09. The summed E-state index contributed by atoms with van der Waals surface area (Å²) in [6, 6.07) is 5.41. The number of carbonyl (C=O) groups is 2. The van der Waals surface area contributed by atoms with Gasteiger partial charge in [0.05, 0.1) is 6.54 Å². The quantitative estimate of drug-likeness (QED) is 0.861. The third-order valence-electron chi connectivity index (χ3n) is 2.31. The van der Waals surface area contributed by atoms with Crippen molar-refractivity contribution < 1.29 is 18.7 Å². The molecule has 0 aromatic heterocycles. The number of rotatable bonds is 3. The highest BCUT2D eigenvalue weighted by Gasteiger charge is 2.23. The normalized spacial score (nSPS) is 14.6. The summed E-state index contributed by atoms with van der Waals surface area (Å²) in [4.78, 5) is 23.9. The summed E-state index contributed by atoms with van der Waals surface area (Å²) in [6.07, 6.45) is -0.487. The topological polar surface area (TPSA) is 58.6 Å². The Morgan fingerprint density at radius 2 is 2.12 bits per heavy atom. The minimum atomic E-state index is -0.487. The van der Waals surface area contributed by atoms with Gasteiger partial charge in [0.1, 0.15) is 19.0 Å². The first kappa shape index (κ1) is 11.4. The second-order valence-electron chi connectivity index (χ2n) is 3.59. The predicted molar refractivity (Wildman–Crippen MR) is 58.0 cm³/mol. The Morgan fingerprint density at radius 3 is 2.71 bits per heavy atom. The van der Waals surface area contributed by atoms with Crippen LogP contribution in [0.4, 0.5) is 14.9 Å². The molecule has 1 fully saturated rings. The first-order valence-electron chi connectivity index (χ1n) is 5.12. The Bertz CT molecular complexity index is 433. The molecule has 1 saturated heterocycles. The van der Waals surface area contributed by atoms with Crippen LogP contribution >= 0.6 is 0 Å². The van der Waals surface area contributed by atoms with Gasteiger partial charge in [-0.3, -0.25) is 9.69 Å². The summed E-state index contributed by atoms with van der Waals surface area (Å²) in [5.41, 5.74) is 0.490. The van der Waals surface area contributed by atoms with E-state index in [9.17, 15) is 14.0 Å². The molecule has 2 rings (SSSR count). The maximum Gasteiger partial charge on any atom is 0.410 e. The number of benzene rings is 1. The zero-order valence-electron chi connectivity index (χ0n) is 8.98. The first-order chi connectivity index (χ1) is 8.15. The van der Waals surface area contributed by atoms with Crippen molar-refractivity contribution in [1.29, 1.82) is 0 Å². The molecule has 5 nitrogen and oxygen atoms in total. The average molecular weight is 238 g/mol. The van der Waals surface area contributed by atoms with Gasteiger partial charge >= 0.3 is 6.09 Å². The molecule has 17 heavy (non-hydrogen) atoms. The van der Waals surface area contributed by atoms with Crippen molar-refractivity contribution in [2.24, 2.45) is 0 Å². The molecule has 90 valence electrons. The molecule has 0 radical (unpaired) electrons. The number of nitrogens with zero attached hydrogens (tertiary/aromatic N) is 1. The molecule has 2 amide bonds. The highest BCUT2D eigenvalue weighted by atomic mass is 19.1. The van der Waals surface area contributed by atoms with Crippen LogP contribution in [0.5, 0.6) is 0 Å². The largest absolute Gasteiger partial charge is 0.448 e. The molecule has 0 bridgehead atoms. The Balaban J connectivity index is 1.88. The molecule has 0 atom stereocenters. The van der Waals surface area contributed by atoms with E-state index in [1.807, 2.05) is 0 Å². The molecule has 0 saturated carbocycles. The molecular formula is C11H11FN2O3. The third-order valence-corrected chi connectivity index (χ3v) is 2.31. The van der Waals surface area contributed by atoms with Crippen molar-refractivity contribution in [2.75, 3.05) is 25.0 Å². The fourth-order valence-corrected chi connectivity index (χ4v) is 1.48. The van der Waals surface area contributed by atoms with Crippen molar-refractivity contribution in [3.63, 3.8) is 0 Å². The molecule has 1 aromatic rings. The van der Waals surface area contributed by atoms with Gasteiger partial charge in [-0.05, 0) is 24.3 Å². The second kappa shape index (κ2) is 4.82. The van der Waals surface area contributed by atoms with Crippen LogP contribution in [0.1, 0.15) is 0 Å². The molecule has 1 aliphatic rings. The van der Waals surface area contributed by atoms with Gasteiger partial charge in [0.15, 0.2) is 0 Å². The predicted octanol–water partition coefficient (Wildman–Crippen LogP) is 1.22. The molecule has 0 spiro atoms. The molecule has 0 unspecified atom stereocenters. The van der Waals surface area contributed by atoms with E-state index in [4.69, 9.17) is 0 Å². The van der Waals surface area contributed by atoms with Gasteiger partial charge in [-0.1, -0.05) is 0 Å². The van der Waals surface area contributed by atoms with Crippen LogP contribution < -0.4 is 5.32 Å². The van der Waals surface area contributed by atoms with Crippen molar-refractivity contribution in [3.05, 3.63) is 30.1 Å². The van der Waals surface area contributed by atoms with E-state index in [0.29, 0.717) is 18.8 Å². The summed E-state index contributed by atoms with van der Waals surface area (Å²) < 4.78 is 17.3. The van der Waals surface area contributed by atoms with Crippen LogP contribution in [0.3, 0.4) is 0 Å². The average Bonchev–Trinajstić information content (AvgIpc) is 2.68. The van der Waals surface area contributed by atoms with Crippen LogP contribution in [-0.4, -0.2) is 36.6 Å². The SMILES string of the molecule is O=C(CN1CCOC1=O)Nc1ccc(F)cc1.